The highest BCUT2D eigenvalue weighted by molar-refractivity contribution is 7.92. The summed E-state index contributed by atoms with van der Waals surface area (Å²) in [4.78, 5) is 30.2. The number of anilines is 1. The quantitative estimate of drug-likeness (QED) is 0.159. The zero-order valence-corrected chi connectivity index (χ0v) is 30.2. The fourth-order valence-electron chi connectivity index (χ4n) is 5.71. The first-order chi connectivity index (χ1) is 23.3. The zero-order chi connectivity index (χ0) is 35.7. The molecule has 0 spiro atoms. The molecule has 0 heterocycles. The number of aryl methyl sites for hydroxylation is 3. The second-order valence-electron chi connectivity index (χ2n) is 12.7. The maximum atomic E-state index is 14.8. The van der Waals surface area contributed by atoms with Gasteiger partial charge in [-0.1, -0.05) is 80.1 Å². The van der Waals surface area contributed by atoms with Gasteiger partial charge in [-0.15, -0.1) is 0 Å². The molecule has 9 nitrogen and oxygen atoms in total. The molecule has 0 bridgehead atoms. The normalized spacial score (nSPS) is 11.9. The van der Waals surface area contributed by atoms with Crippen LogP contribution in [0.5, 0.6) is 11.5 Å². The molecule has 0 radical (unpaired) electrons. The monoisotopic (exact) mass is 685 g/mol. The second-order valence-corrected chi connectivity index (χ2v) is 14.6. The smallest absolute Gasteiger partial charge is 0.264 e. The first kappa shape index (κ1) is 37.0. The van der Waals surface area contributed by atoms with Gasteiger partial charge < -0.3 is 19.7 Å². The van der Waals surface area contributed by atoms with Crippen LogP contribution in [0.25, 0.3) is 0 Å². The summed E-state index contributed by atoms with van der Waals surface area (Å²) in [7, 11) is -1.43. The highest BCUT2D eigenvalue weighted by atomic mass is 32.2. The minimum atomic E-state index is -4.33. The van der Waals surface area contributed by atoms with Crippen molar-refractivity contribution in [2.75, 3.05) is 31.6 Å². The lowest BCUT2D eigenvalue weighted by Gasteiger charge is -2.34. The summed E-state index contributed by atoms with van der Waals surface area (Å²) >= 11 is 0. The van der Waals surface area contributed by atoms with E-state index in [1.165, 1.54) is 37.3 Å². The fraction of sp³-hybridized carbons (Fsp3) is 0.333. The molecule has 1 N–H and O–H groups in total. The molecule has 0 fully saturated rings. The molecule has 0 aliphatic rings. The first-order valence-electron chi connectivity index (χ1n) is 16.3. The van der Waals surface area contributed by atoms with Crippen LogP contribution in [0.15, 0.2) is 95.9 Å². The molecule has 4 aromatic carbocycles. The molecule has 4 rings (SSSR count). The van der Waals surface area contributed by atoms with Crippen molar-refractivity contribution >= 4 is 27.5 Å². The molecular formula is C39H47N3O6S. The lowest BCUT2D eigenvalue weighted by Crippen LogP contribution is -2.53. The van der Waals surface area contributed by atoms with E-state index in [0.29, 0.717) is 18.0 Å². The summed E-state index contributed by atoms with van der Waals surface area (Å²) in [6.45, 7) is 9.70. The second kappa shape index (κ2) is 16.5. The standard InChI is InChI=1S/C39H47N3O6S/c1-27(2)24-40-39(44)35(22-31-13-9-8-10-14-31)41(25-32-15-11-12-28(3)19-32)38(43)26-42(33-20-29(4)18-30(5)21-33)49(45,46)34-16-17-36(47-6)37(23-34)48-7/h8-21,23,27,35H,22,24-26H2,1-7H3,(H,40,44)/t35-/m0/s1. The predicted octanol–water partition coefficient (Wildman–Crippen LogP) is 6.24. The van der Waals surface area contributed by atoms with E-state index in [1.54, 1.807) is 12.1 Å². The average Bonchev–Trinajstić information content (AvgIpc) is 3.07. The van der Waals surface area contributed by atoms with Crippen LogP contribution in [0, 0.1) is 26.7 Å². The highest BCUT2D eigenvalue weighted by Gasteiger charge is 2.35. The third-order valence-corrected chi connectivity index (χ3v) is 9.88. The van der Waals surface area contributed by atoms with E-state index >= 15 is 0 Å². The molecule has 4 aromatic rings. The van der Waals surface area contributed by atoms with Gasteiger partial charge in [0.25, 0.3) is 10.0 Å². The van der Waals surface area contributed by atoms with E-state index in [4.69, 9.17) is 9.47 Å². The number of hydrogen-bond donors (Lipinski definition) is 1. The molecule has 260 valence electrons. The lowest BCUT2D eigenvalue weighted by atomic mass is 10.0. The Bertz CT molecular complexity index is 1840. The molecule has 0 unspecified atom stereocenters. The van der Waals surface area contributed by atoms with E-state index in [0.717, 1.165) is 32.1 Å². The average molecular weight is 686 g/mol. The Kier molecular flexibility index (Phi) is 12.5. The van der Waals surface area contributed by atoms with Gasteiger partial charge in [-0.25, -0.2) is 8.42 Å². The van der Waals surface area contributed by atoms with Gasteiger partial charge >= 0.3 is 0 Å². The lowest BCUT2D eigenvalue weighted by molar-refractivity contribution is -0.140. The van der Waals surface area contributed by atoms with Gasteiger partial charge in [0.1, 0.15) is 12.6 Å². The maximum Gasteiger partial charge on any atom is 0.264 e. The molecule has 0 aromatic heterocycles. The summed E-state index contributed by atoms with van der Waals surface area (Å²) < 4.78 is 40.9. The Labute approximate surface area is 290 Å². The van der Waals surface area contributed by atoms with E-state index in [1.807, 2.05) is 95.3 Å². The van der Waals surface area contributed by atoms with Crippen molar-refractivity contribution in [3.63, 3.8) is 0 Å². The van der Waals surface area contributed by atoms with Crippen LogP contribution in [-0.2, 0) is 32.6 Å². The minimum Gasteiger partial charge on any atom is -0.493 e. The van der Waals surface area contributed by atoms with Crippen LogP contribution < -0.4 is 19.1 Å². The van der Waals surface area contributed by atoms with Crippen LogP contribution in [0.1, 0.15) is 41.7 Å². The SMILES string of the molecule is COc1ccc(S(=O)(=O)N(CC(=O)N(Cc2cccc(C)c2)[C@@H](Cc2ccccc2)C(=O)NCC(C)C)c2cc(C)cc(C)c2)cc1OC. The van der Waals surface area contributed by atoms with E-state index in [-0.39, 0.29) is 35.4 Å². The maximum absolute atomic E-state index is 14.8. The Balaban J connectivity index is 1.85. The summed E-state index contributed by atoms with van der Waals surface area (Å²) in [6.07, 6.45) is 0.244. The number of benzene rings is 4. The number of sulfonamides is 1. The number of nitrogens with zero attached hydrogens (tertiary/aromatic N) is 2. The van der Waals surface area contributed by atoms with Crippen molar-refractivity contribution in [2.24, 2.45) is 5.92 Å². The van der Waals surface area contributed by atoms with Crippen molar-refractivity contribution in [1.29, 1.82) is 0 Å². The van der Waals surface area contributed by atoms with E-state index in [9.17, 15) is 18.0 Å². The van der Waals surface area contributed by atoms with Crippen LogP contribution in [0.4, 0.5) is 5.69 Å². The molecule has 1 atom stereocenters. The molecule has 0 aliphatic carbocycles. The fourth-order valence-corrected chi connectivity index (χ4v) is 7.13. The molecule has 49 heavy (non-hydrogen) atoms. The Morgan fingerprint density at radius 2 is 1.41 bits per heavy atom. The molecule has 0 saturated carbocycles. The topological polar surface area (TPSA) is 105 Å². The Morgan fingerprint density at radius 3 is 2.02 bits per heavy atom. The van der Waals surface area contributed by atoms with Gasteiger partial charge in [-0.2, -0.15) is 0 Å². The van der Waals surface area contributed by atoms with Crippen LogP contribution >= 0.6 is 0 Å². The van der Waals surface area contributed by atoms with Gasteiger partial charge in [0, 0.05) is 25.6 Å². The molecule has 10 heteroatoms. The minimum absolute atomic E-state index is 0.0714. The van der Waals surface area contributed by atoms with Crippen molar-refractivity contribution in [3.05, 3.63) is 119 Å². The van der Waals surface area contributed by atoms with Gasteiger partial charge in [0.2, 0.25) is 11.8 Å². The number of hydrogen-bond acceptors (Lipinski definition) is 6. The number of methoxy groups -OCH3 is 2. The third kappa shape index (κ3) is 9.63. The molecule has 0 saturated heterocycles. The van der Waals surface area contributed by atoms with Crippen molar-refractivity contribution < 1.29 is 27.5 Å². The largest absolute Gasteiger partial charge is 0.493 e. The summed E-state index contributed by atoms with van der Waals surface area (Å²) in [5.41, 5.74) is 4.70. The van der Waals surface area contributed by atoms with E-state index in [2.05, 4.69) is 5.32 Å². The molecular weight excluding hydrogens is 639 g/mol. The Hall–Kier alpha value is -4.83. The number of amides is 2. The zero-order valence-electron chi connectivity index (χ0n) is 29.4. The van der Waals surface area contributed by atoms with Gasteiger partial charge in [-0.3, -0.25) is 13.9 Å². The number of carbonyl (C=O) groups is 2. The van der Waals surface area contributed by atoms with Gasteiger partial charge in [0.05, 0.1) is 24.8 Å². The Morgan fingerprint density at radius 1 is 0.755 bits per heavy atom. The van der Waals surface area contributed by atoms with Crippen LogP contribution in [0.2, 0.25) is 0 Å². The van der Waals surface area contributed by atoms with Gasteiger partial charge in [0.15, 0.2) is 11.5 Å². The third-order valence-electron chi connectivity index (χ3n) is 8.11. The number of carbonyl (C=O) groups excluding carboxylic acids is 2. The summed E-state index contributed by atoms with van der Waals surface area (Å²) in [5, 5.41) is 3.02. The summed E-state index contributed by atoms with van der Waals surface area (Å²) in [5.74, 6) is -0.0319. The first-order valence-corrected chi connectivity index (χ1v) is 17.8. The highest BCUT2D eigenvalue weighted by Crippen LogP contribution is 2.33. The van der Waals surface area contributed by atoms with Crippen LogP contribution in [-0.4, -0.2) is 58.5 Å². The number of ether oxygens (including phenoxy) is 2. The summed E-state index contributed by atoms with van der Waals surface area (Å²) in [6, 6.07) is 26.1. The van der Waals surface area contributed by atoms with E-state index < -0.39 is 28.5 Å². The van der Waals surface area contributed by atoms with Crippen molar-refractivity contribution in [2.45, 2.75) is 58.5 Å². The number of nitrogens with one attached hydrogen (secondary N) is 1. The van der Waals surface area contributed by atoms with Crippen molar-refractivity contribution in [1.82, 2.24) is 10.2 Å². The van der Waals surface area contributed by atoms with Crippen LogP contribution in [0.3, 0.4) is 0 Å². The number of rotatable bonds is 15. The molecule has 0 aliphatic heterocycles. The molecule has 2 amide bonds. The van der Waals surface area contributed by atoms with Gasteiger partial charge in [-0.05, 0) is 73.2 Å². The van der Waals surface area contributed by atoms with Crippen molar-refractivity contribution in [3.8, 4) is 11.5 Å². The predicted molar refractivity (Wildman–Crippen MR) is 194 cm³/mol.